The molecule has 7 heteroatoms. The lowest BCUT2D eigenvalue weighted by Gasteiger charge is -2.22. The molecular formula is C14H12BrN3O3. The second-order valence-corrected chi connectivity index (χ2v) is 5.03. The summed E-state index contributed by atoms with van der Waals surface area (Å²) in [6, 6.07) is 9.91. The van der Waals surface area contributed by atoms with Gasteiger partial charge in [0.2, 0.25) is 0 Å². The van der Waals surface area contributed by atoms with Crippen molar-refractivity contribution in [2.24, 2.45) is 0 Å². The number of carbonyl (C=O) groups is 2. The molecule has 0 aliphatic carbocycles. The van der Waals surface area contributed by atoms with Crippen LogP contribution < -0.4 is 10.6 Å². The minimum Gasteiger partial charge on any atom is -0.480 e. The van der Waals surface area contributed by atoms with Crippen LogP contribution in [-0.2, 0) is 4.79 Å². The fourth-order valence-corrected chi connectivity index (χ4v) is 2.23. The molecule has 3 N–H and O–H groups in total. The highest BCUT2D eigenvalue weighted by atomic mass is 79.9. The molecule has 1 heterocycles. The molecule has 2 aromatic rings. The predicted octanol–water partition coefficient (Wildman–Crippen LogP) is 2.16. The van der Waals surface area contributed by atoms with Crippen molar-refractivity contribution in [1.29, 1.82) is 0 Å². The monoisotopic (exact) mass is 349 g/mol. The van der Waals surface area contributed by atoms with E-state index in [1.165, 1.54) is 6.20 Å². The second-order valence-electron chi connectivity index (χ2n) is 4.18. The predicted molar refractivity (Wildman–Crippen MR) is 82.1 cm³/mol. The Labute approximate surface area is 129 Å². The van der Waals surface area contributed by atoms with Crippen LogP contribution in [-0.4, -0.2) is 28.5 Å². The Morgan fingerprint density at radius 3 is 2.57 bits per heavy atom. The van der Waals surface area contributed by atoms with Gasteiger partial charge in [0.25, 0.3) is 5.91 Å². The number of benzene rings is 1. The van der Waals surface area contributed by atoms with Crippen LogP contribution in [0.2, 0.25) is 0 Å². The highest BCUT2D eigenvalue weighted by Gasteiger charge is 2.24. The Kier molecular flexibility index (Phi) is 4.54. The number of hydrogen-bond acceptors (Lipinski definition) is 4. The molecule has 1 aromatic carbocycles. The normalized spacial score (nSPS) is 10.1. The number of carboxylic acid groups (broad SMARTS) is 1. The van der Waals surface area contributed by atoms with E-state index in [0.29, 0.717) is 15.8 Å². The van der Waals surface area contributed by atoms with Crippen LogP contribution >= 0.6 is 15.9 Å². The zero-order chi connectivity index (χ0) is 15.4. The van der Waals surface area contributed by atoms with Crippen LogP contribution in [0.25, 0.3) is 0 Å². The van der Waals surface area contributed by atoms with Crippen molar-refractivity contribution < 1.29 is 14.7 Å². The Balaban J connectivity index is 2.46. The summed E-state index contributed by atoms with van der Waals surface area (Å²) in [6.45, 7) is -0.504. The standard InChI is InChI=1S/C14H12BrN3O3/c15-9-4-3-7-17-13(9)14(21)18(8-12(19)20)11-6-2-1-5-10(11)16/h1-7H,8,16H2,(H,19,20). The van der Waals surface area contributed by atoms with Gasteiger partial charge in [-0.1, -0.05) is 12.1 Å². The molecule has 1 aromatic heterocycles. The van der Waals surface area contributed by atoms with Crippen LogP contribution in [0.3, 0.4) is 0 Å². The number of carbonyl (C=O) groups excluding carboxylic acids is 1. The van der Waals surface area contributed by atoms with Crippen molar-refractivity contribution in [1.82, 2.24) is 4.98 Å². The van der Waals surface area contributed by atoms with Gasteiger partial charge in [-0.3, -0.25) is 14.5 Å². The smallest absolute Gasteiger partial charge is 0.323 e. The van der Waals surface area contributed by atoms with Gasteiger partial charge in [-0.05, 0) is 40.2 Å². The number of para-hydroxylation sites is 2. The summed E-state index contributed by atoms with van der Waals surface area (Å²) in [5.74, 6) is -1.68. The van der Waals surface area contributed by atoms with Gasteiger partial charge in [-0.2, -0.15) is 0 Å². The molecule has 0 aliphatic rings. The van der Waals surface area contributed by atoms with Crippen LogP contribution in [0, 0.1) is 0 Å². The number of amides is 1. The number of hydrogen-bond donors (Lipinski definition) is 2. The van der Waals surface area contributed by atoms with E-state index >= 15 is 0 Å². The Morgan fingerprint density at radius 1 is 1.24 bits per heavy atom. The molecular weight excluding hydrogens is 338 g/mol. The van der Waals surface area contributed by atoms with Crippen LogP contribution in [0.15, 0.2) is 47.1 Å². The summed E-state index contributed by atoms with van der Waals surface area (Å²) in [6.07, 6.45) is 1.46. The van der Waals surface area contributed by atoms with E-state index in [-0.39, 0.29) is 5.69 Å². The molecule has 0 aliphatic heterocycles. The average Bonchev–Trinajstić information content (AvgIpc) is 2.45. The molecule has 0 fully saturated rings. The molecule has 0 bridgehead atoms. The third kappa shape index (κ3) is 3.38. The molecule has 6 nitrogen and oxygen atoms in total. The number of nitrogens with two attached hydrogens (primary N) is 1. The highest BCUT2D eigenvalue weighted by molar-refractivity contribution is 9.10. The number of aromatic nitrogens is 1. The third-order valence-corrected chi connectivity index (χ3v) is 3.37. The van der Waals surface area contributed by atoms with E-state index in [2.05, 4.69) is 20.9 Å². The van der Waals surface area contributed by atoms with E-state index < -0.39 is 18.4 Å². The summed E-state index contributed by atoms with van der Waals surface area (Å²) >= 11 is 3.23. The lowest BCUT2D eigenvalue weighted by molar-refractivity contribution is -0.135. The first kappa shape index (κ1) is 15.0. The zero-order valence-electron chi connectivity index (χ0n) is 10.9. The number of pyridine rings is 1. The molecule has 108 valence electrons. The lowest BCUT2D eigenvalue weighted by Crippen LogP contribution is -2.36. The van der Waals surface area contributed by atoms with E-state index in [9.17, 15) is 9.59 Å². The first-order valence-corrected chi connectivity index (χ1v) is 6.78. The summed E-state index contributed by atoms with van der Waals surface area (Å²) in [5, 5.41) is 9.03. The maximum absolute atomic E-state index is 12.6. The van der Waals surface area contributed by atoms with Gasteiger partial charge in [-0.15, -0.1) is 0 Å². The van der Waals surface area contributed by atoms with Crippen LogP contribution in [0.4, 0.5) is 11.4 Å². The summed E-state index contributed by atoms with van der Waals surface area (Å²) in [5.41, 5.74) is 6.61. The van der Waals surface area contributed by atoms with Gasteiger partial charge < -0.3 is 10.8 Å². The summed E-state index contributed by atoms with van der Waals surface area (Å²) in [7, 11) is 0. The van der Waals surface area contributed by atoms with Gasteiger partial charge in [0, 0.05) is 10.7 Å². The molecule has 1 amide bonds. The van der Waals surface area contributed by atoms with Gasteiger partial charge in [0.05, 0.1) is 11.4 Å². The topological polar surface area (TPSA) is 96.5 Å². The van der Waals surface area contributed by atoms with Crippen molar-refractivity contribution >= 4 is 39.2 Å². The third-order valence-electron chi connectivity index (χ3n) is 2.73. The number of rotatable bonds is 4. The van der Waals surface area contributed by atoms with Gasteiger partial charge in [0.15, 0.2) is 0 Å². The van der Waals surface area contributed by atoms with Crippen molar-refractivity contribution in [3.05, 3.63) is 52.8 Å². The largest absolute Gasteiger partial charge is 0.480 e. The molecule has 0 saturated heterocycles. The minimum atomic E-state index is -1.14. The van der Waals surface area contributed by atoms with E-state index in [1.807, 2.05) is 0 Å². The quantitative estimate of drug-likeness (QED) is 0.824. The van der Waals surface area contributed by atoms with Gasteiger partial charge in [0.1, 0.15) is 12.2 Å². The van der Waals surface area contributed by atoms with Crippen molar-refractivity contribution in [3.63, 3.8) is 0 Å². The fourth-order valence-electron chi connectivity index (χ4n) is 1.81. The molecule has 0 saturated carbocycles. The maximum Gasteiger partial charge on any atom is 0.323 e. The zero-order valence-corrected chi connectivity index (χ0v) is 12.4. The number of nitrogens with zero attached hydrogens (tertiary/aromatic N) is 2. The summed E-state index contributed by atoms with van der Waals surface area (Å²) in [4.78, 5) is 28.7. The molecule has 21 heavy (non-hydrogen) atoms. The Hall–Kier alpha value is -2.41. The molecule has 0 atom stereocenters. The average molecular weight is 350 g/mol. The SMILES string of the molecule is Nc1ccccc1N(CC(=O)O)C(=O)c1ncccc1Br. The van der Waals surface area contributed by atoms with Crippen LogP contribution in [0.5, 0.6) is 0 Å². The van der Waals surface area contributed by atoms with Gasteiger partial charge in [-0.25, -0.2) is 4.98 Å². The van der Waals surface area contributed by atoms with Gasteiger partial charge >= 0.3 is 5.97 Å². The molecule has 0 radical (unpaired) electrons. The number of halogens is 1. The first-order valence-electron chi connectivity index (χ1n) is 5.99. The second kappa shape index (κ2) is 6.36. The fraction of sp³-hybridized carbons (Fsp3) is 0.0714. The first-order chi connectivity index (χ1) is 10.0. The maximum atomic E-state index is 12.6. The number of carboxylic acids is 1. The van der Waals surface area contributed by atoms with E-state index in [4.69, 9.17) is 10.8 Å². The molecule has 2 rings (SSSR count). The molecule has 0 unspecified atom stereocenters. The minimum absolute atomic E-state index is 0.127. The van der Waals surface area contributed by atoms with Crippen molar-refractivity contribution in [2.45, 2.75) is 0 Å². The Bertz CT molecular complexity index is 691. The number of aliphatic carboxylic acids is 1. The Morgan fingerprint density at radius 2 is 1.95 bits per heavy atom. The lowest BCUT2D eigenvalue weighted by atomic mass is 10.2. The van der Waals surface area contributed by atoms with Crippen molar-refractivity contribution in [3.8, 4) is 0 Å². The van der Waals surface area contributed by atoms with Crippen molar-refractivity contribution in [2.75, 3.05) is 17.2 Å². The number of anilines is 2. The summed E-state index contributed by atoms with van der Waals surface area (Å²) < 4.78 is 0.486. The van der Waals surface area contributed by atoms with E-state index in [0.717, 1.165) is 4.90 Å². The van der Waals surface area contributed by atoms with Crippen LogP contribution in [0.1, 0.15) is 10.5 Å². The van der Waals surface area contributed by atoms with E-state index in [1.54, 1.807) is 36.4 Å². The number of nitrogen functional groups attached to an aromatic ring is 1. The highest BCUT2D eigenvalue weighted by Crippen LogP contribution is 2.25. The molecule has 0 spiro atoms.